The Bertz CT molecular complexity index is 837. The molecule has 0 saturated heterocycles. The summed E-state index contributed by atoms with van der Waals surface area (Å²) < 4.78 is 7.26. The van der Waals surface area contributed by atoms with Crippen molar-refractivity contribution in [2.24, 2.45) is 5.73 Å². The second-order valence-electron chi connectivity index (χ2n) is 5.21. The van der Waals surface area contributed by atoms with Crippen LogP contribution in [0.4, 0.5) is 0 Å². The molecule has 5 heteroatoms. The van der Waals surface area contributed by atoms with Gasteiger partial charge in [0.15, 0.2) is 0 Å². The summed E-state index contributed by atoms with van der Waals surface area (Å²) in [5.74, 6) is 0.819. The average molecular weight is 311 g/mol. The lowest BCUT2D eigenvalue weighted by atomic mass is 10.1. The van der Waals surface area contributed by atoms with Gasteiger partial charge in [-0.25, -0.2) is 4.98 Å². The van der Waals surface area contributed by atoms with E-state index in [2.05, 4.69) is 19.1 Å². The minimum Gasteiger partial charge on any atom is -0.497 e. The number of nitrogens with two attached hydrogens (primary N) is 1. The fourth-order valence-corrected chi connectivity index (χ4v) is 2.65. The Labute approximate surface area is 134 Å². The number of hydrogen-bond donors (Lipinski definition) is 1. The highest BCUT2D eigenvalue weighted by molar-refractivity contribution is 7.80. The third kappa shape index (κ3) is 2.67. The fraction of sp³-hybridized carbons (Fsp3) is 0.176. The molecule has 0 aliphatic rings. The molecular formula is C17H17N3OS. The Morgan fingerprint density at radius 1 is 1.27 bits per heavy atom. The normalized spacial score (nSPS) is 10.8. The highest BCUT2D eigenvalue weighted by Gasteiger charge is 2.15. The summed E-state index contributed by atoms with van der Waals surface area (Å²) in [5.41, 5.74) is 10.8. The number of methoxy groups -OCH3 is 1. The lowest BCUT2D eigenvalue weighted by Gasteiger charge is -2.05. The van der Waals surface area contributed by atoms with E-state index in [-0.39, 0.29) is 0 Å². The number of ether oxygens (including phenoxy) is 1. The molecule has 3 rings (SSSR count). The Hall–Kier alpha value is -2.40. The second-order valence-corrected chi connectivity index (χ2v) is 5.74. The zero-order valence-electron chi connectivity index (χ0n) is 12.5. The van der Waals surface area contributed by atoms with Gasteiger partial charge in [0.1, 0.15) is 11.4 Å². The van der Waals surface area contributed by atoms with Crippen molar-refractivity contribution >= 4 is 22.9 Å². The number of hydrogen-bond acceptors (Lipinski definition) is 3. The summed E-state index contributed by atoms with van der Waals surface area (Å²) in [6.07, 6.45) is 2.53. The van der Waals surface area contributed by atoms with Crippen LogP contribution in [-0.2, 0) is 6.42 Å². The minimum atomic E-state index is 0.456. The van der Waals surface area contributed by atoms with Crippen molar-refractivity contribution in [1.82, 2.24) is 9.38 Å². The molecule has 0 spiro atoms. The monoisotopic (exact) mass is 311 g/mol. The first-order chi connectivity index (χ1) is 10.6. The first kappa shape index (κ1) is 14.5. The molecule has 0 unspecified atom stereocenters. The zero-order chi connectivity index (χ0) is 15.7. The molecule has 112 valence electrons. The quantitative estimate of drug-likeness (QED) is 0.752. The lowest BCUT2D eigenvalue weighted by Crippen LogP contribution is -2.13. The van der Waals surface area contributed by atoms with Gasteiger partial charge in [-0.3, -0.25) is 0 Å². The lowest BCUT2D eigenvalue weighted by molar-refractivity contribution is 0.415. The van der Waals surface area contributed by atoms with E-state index in [1.807, 2.05) is 34.9 Å². The van der Waals surface area contributed by atoms with Crippen LogP contribution in [0.15, 0.2) is 42.6 Å². The van der Waals surface area contributed by atoms with Crippen LogP contribution in [0.3, 0.4) is 0 Å². The third-order valence-corrected chi connectivity index (χ3v) is 3.73. The highest BCUT2D eigenvalue weighted by Crippen LogP contribution is 2.27. The van der Waals surface area contributed by atoms with Gasteiger partial charge in [-0.1, -0.05) is 12.2 Å². The zero-order valence-corrected chi connectivity index (χ0v) is 13.4. The third-order valence-electron chi connectivity index (χ3n) is 3.59. The molecule has 0 saturated carbocycles. The van der Waals surface area contributed by atoms with Gasteiger partial charge >= 0.3 is 0 Å². The maximum absolute atomic E-state index is 5.77. The Kier molecular flexibility index (Phi) is 3.81. The van der Waals surface area contributed by atoms with Crippen molar-refractivity contribution < 1.29 is 4.74 Å². The van der Waals surface area contributed by atoms with Gasteiger partial charge in [0.2, 0.25) is 0 Å². The molecule has 1 aromatic carbocycles. The predicted octanol–water partition coefficient (Wildman–Crippen LogP) is 3.15. The van der Waals surface area contributed by atoms with Gasteiger partial charge < -0.3 is 14.9 Å². The summed E-state index contributed by atoms with van der Waals surface area (Å²) in [5, 5.41) is 0. The van der Waals surface area contributed by atoms with E-state index in [1.54, 1.807) is 7.11 Å². The molecule has 0 fully saturated rings. The largest absolute Gasteiger partial charge is 0.497 e. The Balaban J connectivity index is 2.19. The molecule has 0 aliphatic heterocycles. The van der Waals surface area contributed by atoms with Crippen molar-refractivity contribution in [3.8, 4) is 17.0 Å². The highest BCUT2D eigenvalue weighted by atomic mass is 32.1. The van der Waals surface area contributed by atoms with E-state index in [0.29, 0.717) is 11.4 Å². The summed E-state index contributed by atoms with van der Waals surface area (Å²) in [4.78, 5) is 5.21. The Morgan fingerprint density at radius 3 is 2.64 bits per heavy atom. The van der Waals surface area contributed by atoms with Gasteiger partial charge in [-0.05, 0) is 48.9 Å². The molecule has 22 heavy (non-hydrogen) atoms. The average Bonchev–Trinajstić information content (AvgIpc) is 2.84. The van der Waals surface area contributed by atoms with Gasteiger partial charge in [0.25, 0.3) is 0 Å². The van der Waals surface area contributed by atoms with Crippen LogP contribution in [0.2, 0.25) is 0 Å². The summed E-state index contributed by atoms with van der Waals surface area (Å²) in [7, 11) is 1.65. The van der Waals surface area contributed by atoms with Gasteiger partial charge in [-0.15, -0.1) is 0 Å². The number of fused-ring (bicyclic) bond motifs is 1. The van der Waals surface area contributed by atoms with Gasteiger partial charge in [-0.2, -0.15) is 0 Å². The molecule has 0 atom stereocenters. The molecule has 4 nitrogen and oxygen atoms in total. The first-order valence-corrected chi connectivity index (χ1v) is 7.39. The van der Waals surface area contributed by atoms with Crippen molar-refractivity contribution in [3.05, 3.63) is 53.9 Å². The van der Waals surface area contributed by atoms with Crippen LogP contribution >= 0.6 is 12.2 Å². The molecular weight excluding hydrogens is 294 g/mol. The minimum absolute atomic E-state index is 0.456. The summed E-state index contributed by atoms with van der Waals surface area (Å²) in [6.45, 7) is 2.05. The molecule has 0 aliphatic carbocycles. The smallest absolute Gasteiger partial charge is 0.137 e. The van der Waals surface area contributed by atoms with Crippen LogP contribution in [0.5, 0.6) is 5.75 Å². The van der Waals surface area contributed by atoms with Crippen LogP contribution in [0.25, 0.3) is 16.9 Å². The standard InChI is InChI=1S/C17H17N3OS/c1-11-7-8-20-14(10-15(18)22)17(19-16(20)9-11)12-3-5-13(21-2)6-4-12/h3-9H,10H2,1-2H3,(H2,18,22). The number of rotatable bonds is 4. The Morgan fingerprint density at radius 2 is 2.00 bits per heavy atom. The molecule has 2 aromatic heterocycles. The van der Waals surface area contributed by atoms with E-state index < -0.39 is 0 Å². The van der Waals surface area contributed by atoms with E-state index >= 15 is 0 Å². The van der Waals surface area contributed by atoms with Crippen LogP contribution in [0.1, 0.15) is 11.3 Å². The number of nitrogens with zero attached hydrogens (tertiary/aromatic N) is 2. The van der Waals surface area contributed by atoms with E-state index in [9.17, 15) is 0 Å². The number of thiocarbonyl (C=S) groups is 1. The maximum Gasteiger partial charge on any atom is 0.137 e. The number of pyridine rings is 1. The van der Waals surface area contributed by atoms with Crippen LogP contribution < -0.4 is 10.5 Å². The topological polar surface area (TPSA) is 52.5 Å². The van der Waals surface area contributed by atoms with E-state index in [0.717, 1.165) is 28.3 Å². The first-order valence-electron chi connectivity index (χ1n) is 6.99. The van der Waals surface area contributed by atoms with E-state index in [1.165, 1.54) is 5.56 Å². The van der Waals surface area contributed by atoms with Crippen LogP contribution in [0, 0.1) is 6.92 Å². The van der Waals surface area contributed by atoms with E-state index in [4.69, 9.17) is 27.7 Å². The maximum atomic E-state index is 5.77. The molecule has 0 radical (unpaired) electrons. The molecule has 2 heterocycles. The molecule has 2 N–H and O–H groups in total. The SMILES string of the molecule is COc1ccc(-c2nc3cc(C)ccn3c2CC(N)=S)cc1. The fourth-order valence-electron chi connectivity index (χ4n) is 2.51. The van der Waals surface area contributed by atoms with Crippen molar-refractivity contribution in [3.63, 3.8) is 0 Å². The predicted molar refractivity (Wildman–Crippen MR) is 92.4 cm³/mol. The van der Waals surface area contributed by atoms with Crippen molar-refractivity contribution in [2.75, 3.05) is 7.11 Å². The number of imidazole rings is 1. The summed E-state index contributed by atoms with van der Waals surface area (Å²) >= 11 is 5.10. The van der Waals surface area contributed by atoms with Crippen molar-refractivity contribution in [2.45, 2.75) is 13.3 Å². The number of benzene rings is 1. The second kappa shape index (κ2) is 5.77. The van der Waals surface area contributed by atoms with Gasteiger partial charge in [0.05, 0.1) is 23.5 Å². The molecule has 3 aromatic rings. The van der Waals surface area contributed by atoms with Crippen LogP contribution in [-0.4, -0.2) is 21.5 Å². The number of aryl methyl sites for hydroxylation is 1. The van der Waals surface area contributed by atoms with Crippen molar-refractivity contribution in [1.29, 1.82) is 0 Å². The summed E-state index contributed by atoms with van der Waals surface area (Å²) in [6, 6.07) is 11.9. The molecule has 0 amide bonds. The number of aromatic nitrogens is 2. The van der Waals surface area contributed by atoms with Gasteiger partial charge in [0, 0.05) is 18.2 Å². The molecule has 0 bridgehead atoms.